The van der Waals surface area contributed by atoms with Gasteiger partial charge in [0.1, 0.15) is 12.4 Å². The van der Waals surface area contributed by atoms with Gasteiger partial charge in [0.2, 0.25) is 5.75 Å². The fraction of sp³-hybridized carbons (Fsp3) is 0.300. The van der Waals surface area contributed by atoms with E-state index < -0.39 is 4.92 Å². The maximum Gasteiger partial charge on any atom is 0.315 e. The lowest BCUT2D eigenvalue weighted by atomic mass is 9.88. The topological polar surface area (TPSA) is 109 Å². The van der Waals surface area contributed by atoms with Gasteiger partial charge in [0.05, 0.1) is 28.6 Å². The molecule has 206 valence electrons. The van der Waals surface area contributed by atoms with Crippen molar-refractivity contribution in [1.29, 1.82) is 0 Å². The molecule has 0 radical (unpaired) electrons. The van der Waals surface area contributed by atoms with Crippen molar-refractivity contribution in [3.8, 4) is 11.5 Å². The number of hydrogen-bond acceptors (Lipinski definition) is 7. The number of ether oxygens (including phenoxy) is 2. The summed E-state index contributed by atoms with van der Waals surface area (Å²) >= 11 is 5.96. The molecular formula is C30H29ClN4O5. The molecule has 0 unspecified atom stereocenters. The minimum absolute atomic E-state index is 0.0198. The maximum absolute atomic E-state index is 13.5. The third kappa shape index (κ3) is 5.99. The van der Waals surface area contributed by atoms with E-state index >= 15 is 0 Å². The Bertz CT molecular complexity index is 1610. The van der Waals surface area contributed by atoms with E-state index in [1.165, 1.54) is 17.0 Å². The molecule has 9 nitrogen and oxygen atoms in total. The maximum atomic E-state index is 13.5. The summed E-state index contributed by atoms with van der Waals surface area (Å²) in [6.07, 6.45) is 6.59. The number of rotatable bonds is 9. The van der Waals surface area contributed by atoms with E-state index in [9.17, 15) is 14.9 Å². The Morgan fingerprint density at radius 3 is 2.58 bits per heavy atom. The molecule has 1 heterocycles. The second-order valence-electron chi connectivity index (χ2n) is 9.66. The number of hydrogen-bond donors (Lipinski definition) is 0. The van der Waals surface area contributed by atoms with Crippen LogP contribution in [0.25, 0.3) is 10.9 Å². The van der Waals surface area contributed by atoms with Gasteiger partial charge < -0.3 is 9.47 Å². The monoisotopic (exact) mass is 560 g/mol. The van der Waals surface area contributed by atoms with Crippen LogP contribution in [0.3, 0.4) is 0 Å². The van der Waals surface area contributed by atoms with Crippen molar-refractivity contribution >= 4 is 34.4 Å². The van der Waals surface area contributed by atoms with Crippen molar-refractivity contribution < 1.29 is 14.4 Å². The van der Waals surface area contributed by atoms with Crippen LogP contribution in [0.5, 0.6) is 11.5 Å². The van der Waals surface area contributed by atoms with Crippen molar-refractivity contribution in [2.75, 3.05) is 6.61 Å². The zero-order valence-corrected chi connectivity index (χ0v) is 22.8. The van der Waals surface area contributed by atoms with Crippen LogP contribution in [0.1, 0.15) is 61.9 Å². The SMILES string of the molecule is CCOc1cc(C=Nn2c(C3CCCCC3)nc3ccccc3c2=O)cc([N+](=O)[O-])c1OCc1ccc(Cl)cc1. The number of halogens is 1. The van der Waals surface area contributed by atoms with Crippen LogP contribution in [-0.2, 0) is 6.61 Å². The predicted octanol–water partition coefficient (Wildman–Crippen LogP) is 6.87. The Morgan fingerprint density at radius 1 is 1.10 bits per heavy atom. The third-order valence-electron chi connectivity index (χ3n) is 6.92. The second-order valence-corrected chi connectivity index (χ2v) is 10.1. The minimum atomic E-state index is -0.520. The first-order valence-corrected chi connectivity index (χ1v) is 13.7. The predicted molar refractivity (Wildman–Crippen MR) is 155 cm³/mol. The van der Waals surface area contributed by atoms with Gasteiger partial charge in [-0.05, 0) is 55.7 Å². The van der Waals surface area contributed by atoms with Gasteiger partial charge in [-0.15, -0.1) is 0 Å². The number of fused-ring (bicyclic) bond motifs is 1. The number of nitrogens with zero attached hydrogens (tertiary/aromatic N) is 4. The molecule has 10 heteroatoms. The van der Waals surface area contributed by atoms with Crippen LogP contribution < -0.4 is 15.0 Å². The molecule has 3 aromatic carbocycles. The first kappa shape index (κ1) is 27.3. The van der Waals surface area contributed by atoms with Gasteiger partial charge in [0, 0.05) is 22.6 Å². The van der Waals surface area contributed by atoms with Crippen LogP contribution >= 0.6 is 11.6 Å². The lowest BCUT2D eigenvalue weighted by Gasteiger charge is -2.22. The Hall–Kier alpha value is -4.24. The molecule has 1 saturated carbocycles. The normalized spacial score (nSPS) is 14.1. The van der Waals surface area contributed by atoms with E-state index in [0.717, 1.165) is 37.7 Å². The van der Waals surface area contributed by atoms with Gasteiger partial charge in [0.25, 0.3) is 5.56 Å². The van der Waals surface area contributed by atoms with E-state index in [1.54, 1.807) is 49.4 Å². The molecular weight excluding hydrogens is 532 g/mol. The van der Waals surface area contributed by atoms with E-state index in [1.807, 2.05) is 12.1 Å². The molecule has 0 N–H and O–H groups in total. The van der Waals surface area contributed by atoms with Crippen LogP contribution in [0.4, 0.5) is 5.69 Å². The molecule has 5 rings (SSSR count). The summed E-state index contributed by atoms with van der Waals surface area (Å²) in [6.45, 7) is 2.15. The van der Waals surface area contributed by atoms with Gasteiger partial charge in [-0.25, -0.2) is 4.98 Å². The summed E-state index contributed by atoms with van der Waals surface area (Å²) in [6, 6.07) is 17.2. The molecule has 0 saturated heterocycles. The highest BCUT2D eigenvalue weighted by molar-refractivity contribution is 6.30. The Kier molecular flexibility index (Phi) is 8.40. The summed E-state index contributed by atoms with van der Waals surface area (Å²) in [5.41, 5.74) is 1.28. The second kappa shape index (κ2) is 12.3. The molecule has 1 aliphatic carbocycles. The minimum Gasteiger partial charge on any atom is -0.490 e. The fourth-order valence-corrected chi connectivity index (χ4v) is 5.09. The molecule has 0 bridgehead atoms. The van der Waals surface area contributed by atoms with E-state index in [4.69, 9.17) is 26.1 Å². The average Bonchev–Trinajstić information content (AvgIpc) is 2.97. The van der Waals surface area contributed by atoms with E-state index in [0.29, 0.717) is 27.3 Å². The summed E-state index contributed by atoms with van der Waals surface area (Å²) in [7, 11) is 0. The lowest BCUT2D eigenvalue weighted by molar-refractivity contribution is -0.386. The zero-order chi connectivity index (χ0) is 28.1. The van der Waals surface area contributed by atoms with E-state index in [2.05, 4.69) is 5.10 Å². The van der Waals surface area contributed by atoms with Gasteiger partial charge in [-0.2, -0.15) is 9.78 Å². The zero-order valence-electron chi connectivity index (χ0n) is 22.1. The number of para-hydroxylation sites is 1. The molecule has 4 aromatic rings. The standard InChI is InChI=1S/C30H29ClN4O5/c1-2-39-27-17-21(16-26(35(37)38)28(27)40-19-20-12-14-23(31)15-13-20)18-32-34-29(22-8-4-3-5-9-22)33-25-11-7-6-10-24(25)30(34)36/h6-7,10-18,22H,2-5,8-9,19H2,1H3. The fourth-order valence-electron chi connectivity index (χ4n) is 4.96. The Morgan fingerprint density at radius 2 is 1.85 bits per heavy atom. The highest BCUT2D eigenvalue weighted by Crippen LogP contribution is 2.39. The smallest absolute Gasteiger partial charge is 0.315 e. The third-order valence-corrected chi connectivity index (χ3v) is 7.17. The number of nitro groups is 1. The van der Waals surface area contributed by atoms with Gasteiger partial charge in [-0.1, -0.05) is 55.1 Å². The largest absolute Gasteiger partial charge is 0.490 e. The molecule has 1 fully saturated rings. The van der Waals surface area contributed by atoms with Crippen molar-refractivity contribution in [2.24, 2.45) is 5.10 Å². The van der Waals surface area contributed by atoms with Crippen molar-refractivity contribution in [3.63, 3.8) is 0 Å². The number of nitro benzene ring substituents is 1. The van der Waals surface area contributed by atoms with Gasteiger partial charge in [0.15, 0.2) is 5.75 Å². The Balaban J connectivity index is 1.54. The Labute approximate surface area is 236 Å². The first-order chi connectivity index (χ1) is 19.4. The molecule has 1 aliphatic rings. The quantitative estimate of drug-likeness (QED) is 0.126. The van der Waals surface area contributed by atoms with Crippen molar-refractivity contribution in [2.45, 2.75) is 51.6 Å². The first-order valence-electron chi connectivity index (χ1n) is 13.3. The summed E-state index contributed by atoms with van der Waals surface area (Å²) in [5.74, 6) is 0.956. The summed E-state index contributed by atoms with van der Waals surface area (Å²) < 4.78 is 13.0. The molecule has 0 atom stereocenters. The molecule has 0 spiro atoms. The summed E-state index contributed by atoms with van der Waals surface area (Å²) in [5, 5.41) is 17.6. The van der Waals surface area contributed by atoms with E-state index in [-0.39, 0.29) is 41.9 Å². The molecule has 0 aliphatic heterocycles. The number of benzene rings is 3. The van der Waals surface area contributed by atoms with Crippen LogP contribution in [0, 0.1) is 10.1 Å². The van der Waals surface area contributed by atoms with Gasteiger partial charge in [-0.3, -0.25) is 14.9 Å². The van der Waals surface area contributed by atoms with Gasteiger partial charge >= 0.3 is 5.69 Å². The number of aromatic nitrogens is 2. The lowest BCUT2D eigenvalue weighted by Crippen LogP contribution is -2.25. The average molecular weight is 561 g/mol. The molecule has 40 heavy (non-hydrogen) atoms. The van der Waals surface area contributed by atoms with Crippen LogP contribution in [0.15, 0.2) is 70.6 Å². The summed E-state index contributed by atoms with van der Waals surface area (Å²) in [4.78, 5) is 29.9. The van der Waals surface area contributed by atoms with Crippen LogP contribution in [0.2, 0.25) is 5.02 Å². The van der Waals surface area contributed by atoms with Crippen molar-refractivity contribution in [1.82, 2.24) is 9.66 Å². The highest BCUT2D eigenvalue weighted by Gasteiger charge is 2.24. The van der Waals surface area contributed by atoms with Crippen LogP contribution in [-0.4, -0.2) is 27.4 Å². The van der Waals surface area contributed by atoms with Crippen molar-refractivity contribution in [3.05, 3.63) is 103 Å². The molecule has 1 aromatic heterocycles. The molecule has 0 amide bonds. The highest BCUT2D eigenvalue weighted by atomic mass is 35.5.